The monoisotopic (exact) mass is 320 g/mol. The van der Waals surface area contributed by atoms with Crippen LogP contribution in [0.5, 0.6) is 0 Å². The first-order chi connectivity index (χ1) is 11.2. The summed E-state index contributed by atoms with van der Waals surface area (Å²) in [5.41, 5.74) is 0.0425. The van der Waals surface area contributed by atoms with Gasteiger partial charge in [-0.1, -0.05) is 0 Å². The van der Waals surface area contributed by atoms with Crippen molar-refractivity contribution in [3.8, 4) is 0 Å². The lowest BCUT2D eigenvalue weighted by molar-refractivity contribution is -0.135. The summed E-state index contributed by atoms with van der Waals surface area (Å²) in [5.74, 6) is 1.43. The summed E-state index contributed by atoms with van der Waals surface area (Å²) in [4.78, 5) is 29.3. The molecule has 1 saturated carbocycles. The normalized spacial score (nSPS) is 35.1. The molecule has 3 aliphatic heterocycles. The Hall–Kier alpha value is -1.10. The fraction of sp³-hybridized carbons (Fsp3) is 0.889. The van der Waals surface area contributed by atoms with Crippen LogP contribution in [0.1, 0.15) is 51.4 Å². The zero-order valence-corrected chi connectivity index (χ0v) is 14.0. The van der Waals surface area contributed by atoms with Crippen molar-refractivity contribution in [1.82, 2.24) is 9.80 Å². The van der Waals surface area contributed by atoms with Gasteiger partial charge in [0.2, 0.25) is 11.8 Å². The van der Waals surface area contributed by atoms with E-state index in [0.717, 1.165) is 64.3 Å². The molecule has 5 heteroatoms. The molecule has 3 saturated heterocycles. The molecule has 4 aliphatic rings. The Kier molecular flexibility index (Phi) is 4.08. The number of likely N-dealkylation sites (tertiary alicyclic amines) is 2. The second-order valence-corrected chi connectivity index (χ2v) is 7.91. The van der Waals surface area contributed by atoms with Crippen LogP contribution in [0, 0.1) is 11.8 Å². The van der Waals surface area contributed by atoms with Crippen LogP contribution >= 0.6 is 0 Å². The Balaban J connectivity index is 1.43. The van der Waals surface area contributed by atoms with E-state index in [0.29, 0.717) is 18.9 Å². The molecule has 1 aliphatic carbocycles. The molecule has 2 atom stereocenters. The largest absolute Gasteiger partial charge is 0.381 e. The second kappa shape index (κ2) is 6.08. The molecule has 1 spiro atoms. The maximum absolute atomic E-state index is 12.7. The van der Waals surface area contributed by atoms with Crippen LogP contribution in [0.15, 0.2) is 0 Å². The van der Waals surface area contributed by atoms with Gasteiger partial charge in [0.1, 0.15) is 0 Å². The van der Waals surface area contributed by atoms with Crippen LogP contribution in [-0.4, -0.2) is 60.0 Å². The van der Waals surface area contributed by atoms with Gasteiger partial charge in [-0.25, -0.2) is 0 Å². The maximum atomic E-state index is 12.7. The zero-order chi connectivity index (χ0) is 15.9. The number of hydrogen-bond acceptors (Lipinski definition) is 3. The van der Waals surface area contributed by atoms with Crippen molar-refractivity contribution in [2.24, 2.45) is 11.8 Å². The number of amides is 2. The fourth-order valence-corrected chi connectivity index (χ4v) is 4.63. The van der Waals surface area contributed by atoms with Crippen LogP contribution in [0.25, 0.3) is 0 Å². The summed E-state index contributed by atoms with van der Waals surface area (Å²) in [5, 5.41) is 0. The Morgan fingerprint density at radius 3 is 2.78 bits per heavy atom. The Morgan fingerprint density at radius 2 is 2.04 bits per heavy atom. The van der Waals surface area contributed by atoms with Crippen molar-refractivity contribution >= 4 is 11.8 Å². The molecular formula is C18H28N2O3. The fourth-order valence-electron chi connectivity index (χ4n) is 4.63. The zero-order valence-electron chi connectivity index (χ0n) is 14.0. The molecule has 0 aromatic rings. The third-order valence-corrected chi connectivity index (χ3v) is 6.32. The second-order valence-electron chi connectivity index (χ2n) is 7.91. The van der Waals surface area contributed by atoms with Crippen LogP contribution in [-0.2, 0) is 14.3 Å². The topological polar surface area (TPSA) is 49.9 Å². The lowest BCUT2D eigenvalue weighted by Gasteiger charge is -2.38. The quantitative estimate of drug-likeness (QED) is 0.797. The van der Waals surface area contributed by atoms with Crippen molar-refractivity contribution in [2.75, 3.05) is 32.8 Å². The summed E-state index contributed by atoms with van der Waals surface area (Å²) < 4.78 is 5.37. The first-order valence-corrected chi connectivity index (χ1v) is 9.35. The van der Waals surface area contributed by atoms with Crippen LogP contribution in [0.4, 0.5) is 0 Å². The molecule has 23 heavy (non-hydrogen) atoms. The van der Waals surface area contributed by atoms with Gasteiger partial charge in [0.25, 0.3) is 0 Å². The molecule has 0 radical (unpaired) electrons. The summed E-state index contributed by atoms with van der Waals surface area (Å²) in [6.07, 6.45) is 8.18. The van der Waals surface area contributed by atoms with Crippen LogP contribution in [0.3, 0.4) is 0 Å². The molecule has 0 unspecified atom stereocenters. The van der Waals surface area contributed by atoms with Crippen molar-refractivity contribution < 1.29 is 14.3 Å². The van der Waals surface area contributed by atoms with E-state index in [2.05, 4.69) is 4.90 Å². The van der Waals surface area contributed by atoms with Gasteiger partial charge in [-0.05, 0) is 50.9 Å². The standard InChI is InChI=1S/C18H28N2O3/c21-16-4-7-18(20(16)12-14-2-3-14)6-1-9-19(10-8-18)17(22)15-5-11-23-13-15/h14-15H,1-13H2/t15-,18+/m1/s1. The minimum Gasteiger partial charge on any atom is -0.381 e. The third-order valence-electron chi connectivity index (χ3n) is 6.32. The van der Waals surface area contributed by atoms with Gasteiger partial charge in [-0.3, -0.25) is 9.59 Å². The third kappa shape index (κ3) is 3.00. The Labute approximate surface area is 138 Å². The van der Waals surface area contributed by atoms with E-state index < -0.39 is 0 Å². The summed E-state index contributed by atoms with van der Waals surface area (Å²) in [6, 6.07) is 0. The van der Waals surface area contributed by atoms with Gasteiger partial charge in [0.15, 0.2) is 0 Å². The molecule has 4 rings (SSSR count). The van der Waals surface area contributed by atoms with Crippen molar-refractivity contribution in [2.45, 2.75) is 56.9 Å². The SMILES string of the molecule is O=C([C@@H]1CCOC1)N1CCC[C@]2(CCC(=O)N2CC2CC2)CC1. The predicted octanol–water partition coefficient (Wildman–Crippen LogP) is 1.81. The molecule has 0 aromatic heterocycles. The van der Waals surface area contributed by atoms with Crippen molar-refractivity contribution in [3.05, 3.63) is 0 Å². The van der Waals surface area contributed by atoms with E-state index in [-0.39, 0.29) is 17.4 Å². The average molecular weight is 320 g/mol. The van der Waals surface area contributed by atoms with Gasteiger partial charge >= 0.3 is 0 Å². The van der Waals surface area contributed by atoms with E-state index in [1.807, 2.05) is 4.90 Å². The van der Waals surface area contributed by atoms with E-state index >= 15 is 0 Å². The molecule has 0 bridgehead atoms. The maximum Gasteiger partial charge on any atom is 0.228 e. The molecular weight excluding hydrogens is 292 g/mol. The number of nitrogens with zero attached hydrogens (tertiary/aromatic N) is 2. The van der Waals surface area contributed by atoms with E-state index in [1.54, 1.807) is 0 Å². The van der Waals surface area contributed by atoms with E-state index in [1.165, 1.54) is 12.8 Å². The number of carbonyl (C=O) groups is 2. The predicted molar refractivity (Wildman–Crippen MR) is 85.8 cm³/mol. The number of rotatable bonds is 3. The first kappa shape index (κ1) is 15.4. The smallest absolute Gasteiger partial charge is 0.228 e. The highest BCUT2D eigenvalue weighted by Crippen LogP contribution is 2.42. The molecule has 128 valence electrons. The first-order valence-electron chi connectivity index (χ1n) is 9.35. The summed E-state index contributed by atoms with van der Waals surface area (Å²) in [6.45, 7) is 3.93. The van der Waals surface area contributed by atoms with Crippen LogP contribution < -0.4 is 0 Å². The van der Waals surface area contributed by atoms with Gasteiger partial charge in [-0.2, -0.15) is 0 Å². The molecule has 0 aromatic carbocycles. The lowest BCUT2D eigenvalue weighted by atomic mass is 9.87. The number of ether oxygens (including phenoxy) is 1. The van der Waals surface area contributed by atoms with E-state index in [4.69, 9.17) is 4.74 Å². The summed E-state index contributed by atoms with van der Waals surface area (Å²) in [7, 11) is 0. The highest BCUT2D eigenvalue weighted by molar-refractivity contribution is 5.80. The molecule has 2 amide bonds. The van der Waals surface area contributed by atoms with Gasteiger partial charge in [0.05, 0.1) is 12.5 Å². The Morgan fingerprint density at radius 1 is 1.17 bits per heavy atom. The van der Waals surface area contributed by atoms with Crippen LogP contribution in [0.2, 0.25) is 0 Å². The highest BCUT2D eigenvalue weighted by atomic mass is 16.5. The summed E-state index contributed by atoms with van der Waals surface area (Å²) >= 11 is 0. The van der Waals surface area contributed by atoms with Gasteiger partial charge in [0, 0.05) is 38.2 Å². The number of hydrogen-bond donors (Lipinski definition) is 0. The molecule has 4 fully saturated rings. The minimum atomic E-state index is 0.0425. The lowest BCUT2D eigenvalue weighted by Crippen LogP contribution is -2.47. The molecule has 0 N–H and O–H groups in total. The molecule has 5 nitrogen and oxygen atoms in total. The average Bonchev–Trinajstić information content (AvgIpc) is 3.18. The molecule has 3 heterocycles. The number of carbonyl (C=O) groups excluding carboxylic acids is 2. The van der Waals surface area contributed by atoms with Crippen molar-refractivity contribution in [3.63, 3.8) is 0 Å². The van der Waals surface area contributed by atoms with E-state index in [9.17, 15) is 9.59 Å². The Bertz CT molecular complexity index is 485. The van der Waals surface area contributed by atoms with Gasteiger partial charge < -0.3 is 14.5 Å². The van der Waals surface area contributed by atoms with Gasteiger partial charge in [-0.15, -0.1) is 0 Å². The van der Waals surface area contributed by atoms with Crippen molar-refractivity contribution in [1.29, 1.82) is 0 Å². The minimum absolute atomic E-state index is 0.0425. The highest BCUT2D eigenvalue weighted by Gasteiger charge is 2.47.